The van der Waals surface area contributed by atoms with Gasteiger partial charge < -0.3 is 10.1 Å². The zero-order valence-electron chi connectivity index (χ0n) is 13.2. The van der Waals surface area contributed by atoms with Crippen LogP contribution in [0.15, 0.2) is 36.4 Å². The van der Waals surface area contributed by atoms with Gasteiger partial charge in [0.05, 0.1) is 0 Å². The van der Waals surface area contributed by atoms with Gasteiger partial charge in [0.25, 0.3) is 0 Å². The van der Waals surface area contributed by atoms with E-state index in [-0.39, 0.29) is 0 Å². The molecule has 22 heavy (non-hydrogen) atoms. The highest BCUT2D eigenvalue weighted by Crippen LogP contribution is 2.16. The van der Waals surface area contributed by atoms with Crippen molar-refractivity contribution in [1.29, 1.82) is 0 Å². The van der Waals surface area contributed by atoms with Crippen molar-refractivity contribution in [2.75, 3.05) is 10.6 Å². The fourth-order valence-electron chi connectivity index (χ4n) is 1.66. The van der Waals surface area contributed by atoms with Crippen LogP contribution in [0.25, 0.3) is 0 Å². The van der Waals surface area contributed by atoms with Crippen LogP contribution in [0, 0.1) is 6.92 Å². The molecule has 0 atom stereocenters. The number of aryl methyl sites for hydroxylation is 1. The molecule has 0 aliphatic carbocycles. The van der Waals surface area contributed by atoms with Crippen molar-refractivity contribution in [3.05, 3.63) is 42.0 Å². The third-order valence-corrected chi connectivity index (χ3v) is 2.62. The van der Waals surface area contributed by atoms with Crippen LogP contribution in [0.2, 0.25) is 0 Å². The molecule has 0 fully saturated rings. The second-order valence-corrected chi connectivity index (χ2v) is 5.92. The zero-order valence-corrected chi connectivity index (χ0v) is 13.2. The summed E-state index contributed by atoms with van der Waals surface area (Å²) in [6, 6.07) is 11.3. The van der Waals surface area contributed by atoms with Gasteiger partial charge in [0, 0.05) is 5.69 Å². The molecular formula is C16H20N4O2. The van der Waals surface area contributed by atoms with Crippen LogP contribution in [0.1, 0.15) is 26.3 Å². The van der Waals surface area contributed by atoms with Gasteiger partial charge in [-0.25, -0.2) is 4.79 Å². The second-order valence-electron chi connectivity index (χ2n) is 5.92. The Hall–Kier alpha value is -2.63. The molecule has 0 aliphatic rings. The maximum atomic E-state index is 11.6. The summed E-state index contributed by atoms with van der Waals surface area (Å²) in [5, 5.41) is 13.6. The number of rotatable bonds is 3. The summed E-state index contributed by atoms with van der Waals surface area (Å²) < 4.78 is 5.15. The lowest BCUT2D eigenvalue weighted by atomic mass is 10.2. The second kappa shape index (κ2) is 6.43. The molecule has 0 radical (unpaired) electrons. The highest BCUT2D eigenvalue weighted by Gasteiger charge is 2.16. The van der Waals surface area contributed by atoms with E-state index in [4.69, 9.17) is 4.74 Å². The van der Waals surface area contributed by atoms with Crippen LogP contribution >= 0.6 is 0 Å². The molecule has 1 aromatic carbocycles. The number of nitrogens with zero attached hydrogens (tertiary/aromatic N) is 2. The van der Waals surface area contributed by atoms with E-state index in [2.05, 4.69) is 20.8 Å². The third-order valence-electron chi connectivity index (χ3n) is 2.62. The van der Waals surface area contributed by atoms with Crippen molar-refractivity contribution in [2.24, 2.45) is 0 Å². The van der Waals surface area contributed by atoms with E-state index in [0.29, 0.717) is 11.6 Å². The molecule has 2 aromatic rings. The first kappa shape index (κ1) is 15.8. The Morgan fingerprint density at radius 1 is 1.00 bits per heavy atom. The Balaban J connectivity index is 1.95. The number of carbonyl (C=O) groups excluding carboxylic acids is 1. The molecule has 6 heteroatoms. The highest BCUT2D eigenvalue weighted by molar-refractivity contribution is 5.83. The summed E-state index contributed by atoms with van der Waals surface area (Å²) in [4.78, 5) is 11.6. The Morgan fingerprint density at radius 3 is 2.14 bits per heavy atom. The third kappa shape index (κ3) is 5.05. The van der Waals surface area contributed by atoms with Gasteiger partial charge in [-0.2, -0.15) is 0 Å². The highest BCUT2D eigenvalue weighted by atomic mass is 16.6. The van der Waals surface area contributed by atoms with E-state index in [1.807, 2.05) is 31.2 Å². The van der Waals surface area contributed by atoms with Crippen molar-refractivity contribution in [2.45, 2.75) is 33.3 Å². The van der Waals surface area contributed by atoms with Gasteiger partial charge in [0.15, 0.2) is 11.6 Å². The number of anilines is 3. The number of hydrogen-bond acceptors (Lipinski definition) is 5. The van der Waals surface area contributed by atoms with Crippen LogP contribution in [0.4, 0.5) is 22.1 Å². The van der Waals surface area contributed by atoms with Crippen LogP contribution in [-0.2, 0) is 4.74 Å². The van der Waals surface area contributed by atoms with Gasteiger partial charge in [-0.1, -0.05) is 17.7 Å². The van der Waals surface area contributed by atoms with Gasteiger partial charge >= 0.3 is 6.09 Å². The lowest BCUT2D eigenvalue weighted by Gasteiger charge is -2.19. The van der Waals surface area contributed by atoms with Gasteiger partial charge in [-0.05, 0) is 52.0 Å². The van der Waals surface area contributed by atoms with E-state index in [1.165, 1.54) is 5.56 Å². The van der Waals surface area contributed by atoms with Crippen molar-refractivity contribution < 1.29 is 9.53 Å². The molecule has 0 aliphatic heterocycles. The van der Waals surface area contributed by atoms with E-state index in [0.717, 1.165) is 5.69 Å². The minimum absolute atomic E-state index is 0.337. The first-order chi connectivity index (χ1) is 10.3. The molecule has 2 rings (SSSR count). The number of aromatic nitrogens is 2. The molecular weight excluding hydrogens is 280 g/mol. The lowest BCUT2D eigenvalue weighted by Crippen LogP contribution is -2.27. The largest absolute Gasteiger partial charge is 0.444 e. The molecule has 0 saturated carbocycles. The first-order valence-electron chi connectivity index (χ1n) is 6.99. The summed E-state index contributed by atoms with van der Waals surface area (Å²) in [7, 11) is 0. The van der Waals surface area contributed by atoms with Crippen molar-refractivity contribution in [3.63, 3.8) is 0 Å². The summed E-state index contributed by atoms with van der Waals surface area (Å²) >= 11 is 0. The summed E-state index contributed by atoms with van der Waals surface area (Å²) in [5.74, 6) is 0.933. The zero-order chi connectivity index (χ0) is 16.2. The molecule has 0 spiro atoms. The topological polar surface area (TPSA) is 76.1 Å². The van der Waals surface area contributed by atoms with Crippen LogP contribution in [0.5, 0.6) is 0 Å². The van der Waals surface area contributed by atoms with Crippen LogP contribution in [-0.4, -0.2) is 21.9 Å². The van der Waals surface area contributed by atoms with Crippen molar-refractivity contribution in [3.8, 4) is 0 Å². The van der Waals surface area contributed by atoms with Crippen LogP contribution < -0.4 is 10.6 Å². The summed E-state index contributed by atoms with van der Waals surface area (Å²) in [5.41, 5.74) is 1.56. The number of carbonyl (C=O) groups is 1. The van der Waals surface area contributed by atoms with Gasteiger partial charge in [-0.15, -0.1) is 10.2 Å². The molecule has 1 heterocycles. The summed E-state index contributed by atoms with van der Waals surface area (Å²) in [6.45, 7) is 7.42. The monoisotopic (exact) mass is 300 g/mol. The number of benzene rings is 1. The average molecular weight is 300 g/mol. The Kier molecular flexibility index (Phi) is 4.60. The molecule has 6 nitrogen and oxygen atoms in total. The number of amides is 1. The van der Waals surface area contributed by atoms with Gasteiger partial charge in [-0.3, -0.25) is 5.32 Å². The van der Waals surface area contributed by atoms with E-state index >= 15 is 0 Å². The predicted molar refractivity (Wildman–Crippen MR) is 86.4 cm³/mol. The molecule has 116 valence electrons. The molecule has 1 amide bonds. The molecule has 2 N–H and O–H groups in total. The number of nitrogens with one attached hydrogen (secondary N) is 2. The minimum Gasteiger partial charge on any atom is -0.444 e. The van der Waals surface area contributed by atoms with Crippen molar-refractivity contribution in [1.82, 2.24) is 10.2 Å². The van der Waals surface area contributed by atoms with E-state index in [1.54, 1.807) is 32.9 Å². The van der Waals surface area contributed by atoms with E-state index < -0.39 is 11.7 Å². The van der Waals surface area contributed by atoms with E-state index in [9.17, 15) is 4.79 Å². The smallest absolute Gasteiger partial charge is 0.413 e. The predicted octanol–water partition coefficient (Wildman–Crippen LogP) is 3.88. The average Bonchev–Trinajstić information content (AvgIpc) is 2.41. The fourth-order valence-corrected chi connectivity index (χ4v) is 1.66. The molecule has 0 saturated heterocycles. The standard InChI is InChI=1S/C16H20N4O2/c1-11-5-7-12(8-6-11)17-13-9-10-14(20-19-13)18-15(21)22-16(2,3)4/h5-10H,1-4H3,(H,17,19)(H,18,20,21). The van der Waals surface area contributed by atoms with Crippen LogP contribution in [0.3, 0.4) is 0 Å². The quantitative estimate of drug-likeness (QED) is 0.899. The number of ether oxygens (including phenoxy) is 1. The summed E-state index contributed by atoms with van der Waals surface area (Å²) in [6.07, 6.45) is -0.555. The SMILES string of the molecule is Cc1ccc(Nc2ccc(NC(=O)OC(C)(C)C)nn2)cc1. The first-order valence-corrected chi connectivity index (χ1v) is 6.99. The van der Waals surface area contributed by atoms with Gasteiger partial charge in [0.2, 0.25) is 0 Å². The Bertz CT molecular complexity index is 631. The van der Waals surface area contributed by atoms with Crippen molar-refractivity contribution >= 4 is 23.4 Å². The molecule has 1 aromatic heterocycles. The maximum Gasteiger partial charge on any atom is 0.413 e. The lowest BCUT2D eigenvalue weighted by molar-refractivity contribution is 0.0635. The number of hydrogen-bond donors (Lipinski definition) is 2. The molecule has 0 unspecified atom stereocenters. The molecule has 0 bridgehead atoms. The Labute approximate surface area is 129 Å². The van der Waals surface area contributed by atoms with Gasteiger partial charge in [0.1, 0.15) is 5.60 Å². The fraction of sp³-hybridized carbons (Fsp3) is 0.312. The normalized spacial score (nSPS) is 10.9. The maximum absolute atomic E-state index is 11.6. The minimum atomic E-state index is -0.555. The Morgan fingerprint density at radius 2 is 1.59 bits per heavy atom.